The van der Waals surface area contributed by atoms with E-state index in [4.69, 9.17) is 5.11 Å². The normalized spacial score (nSPS) is 8.86. The van der Waals surface area contributed by atoms with Crippen molar-refractivity contribution in [1.29, 1.82) is 0 Å². The fraction of sp³-hybridized carbons (Fsp3) is 0.125. The molecule has 0 fully saturated rings. The average molecular weight is 205 g/mol. The second kappa shape index (κ2) is 5.74. The third kappa shape index (κ3) is 3.87. The Hall–Kier alpha value is -0.910. The number of nitrogens with zero attached hydrogens (tertiary/aromatic N) is 1. The molecule has 0 aromatic heterocycles. The van der Waals surface area contributed by atoms with Crippen LogP contribution in [0.4, 0.5) is 5.69 Å². The SMILES string of the molecule is O=C(O)Cc1ccc([N+](=O)[O-])cc1.[H-].[Na+]. The number of nitro groups is 1. The summed E-state index contributed by atoms with van der Waals surface area (Å²) in [5.74, 6) is -0.950. The molecule has 0 aliphatic rings. The minimum atomic E-state index is -0.950. The molecular formula is C8H8NNaO4. The summed E-state index contributed by atoms with van der Waals surface area (Å²) in [5.41, 5.74) is 0.521. The monoisotopic (exact) mass is 205 g/mol. The fourth-order valence-corrected chi connectivity index (χ4v) is 0.910. The number of non-ortho nitro benzene ring substituents is 1. The maximum Gasteiger partial charge on any atom is 1.00 e. The van der Waals surface area contributed by atoms with Gasteiger partial charge in [0.1, 0.15) is 0 Å². The van der Waals surface area contributed by atoms with Crippen LogP contribution in [0.15, 0.2) is 24.3 Å². The van der Waals surface area contributed by atoms with Gasteiger partial charge in [-0.3, -0.25) is 14.9 Å². The van der Waals surface area contributed by atoms with Gasteiger partial charge in [0.05, 0.1) is 11.3 Å². The number of rotatable bonds is 3. The number of carboxylic acids is 1. The third-order valence-corrected chi connectivity index (χ3v) is 1.50. The Labute approximate surface area is 104 Å². The van der Waals surface area contributed by atoms with Gasteiger partial charge in [0, 0.05) is 12.1 Å². The van der Waals surface area contributed by atoms with Crippen molar-refractivity contribution in [3.63, 3.8) is 0 Å². The molecule has 0 bridgehead atoms. The zero-order chi connectivity index (χ0) is 9.84. The van der Waals surface area contributed by atoms with E-state index in [1.54, 1.807) is 0 Å². The molecule has 6 heteroatoms. The molecule has 1 aromatic carbocycles. The zero-order valence-electron chi connectivity index (χ0n) is 8.64. The Balaban J connectivity index is 0. The summed E-state index contributed by atoms with van der Waals surface area (Å²) in [5, 5.41) is 18.6. The van der Waals surface area contributed by atoms with E-state index < -0.39 is 10.9 Å². The first-order valence-electron chi connectivity index (χ1n) is 3.54. The largest absolute Gasteiger partial charge is 1.00 e. The average Bonchev–Trinajstić information content (AvgIpc) is 2.04. The van der Waals surface area contributed by atoms with Crippen LogP contribution in [0.25, 0.3) is 0 Å². The molecule has 70 valence electrons. The van der Waals surface area contributed by atoms with E-state index in [2.05, 4.69) is 0 Å². The van der Waals surface area contributed by atoms with Gasteiger partial charge in [-0.1, -0.05) is 12.1 Å². The van der Waals surface area contributed by atoms with Crippen LogP contribution in [-0.4, -0.2) is 16.0 Å². The van der Waals surface area contributed by atoms with E-state index in [0.29, 0.717) is 5.56 Å². The molecule has 0 atom stereocenters. The second-order valence-electron chi connectivity index (χ2n) is 2.49. The number of hydrogen-bond donors (Lipinski definition) is 1. The van der Waals surface area contributed by atoms with Crippen LogP contribution in [0, 0.1) is 10.1 Å². The van der Waals surface area contributed by atoms with Gasteiger partial charge in [0.15, 0.2) is 0 Å². The maximum atomic E-state index is 10.3. The molecule has 0 spiro atoms. The van der Waals surface area contributed by atoms with Crippen molar-refractivity contribution in [2.45, 2.75) is 6.42 Å². The topological polar surface area (TPSA) is 80.4 Å². The number of aliphatic carboxylic acids is 1. The Bertz CT molecular complexity index is 341. The Morgan fingerprint density at radius 2 is 1.93 bits per heavy atom. The molecule has 5 nitrogen and oxygen atoms in total. The minimum absolute atomic E-state index is 0. The first-order valence-corrected chi connectivity index (χ1v) is 3.54. The van der Waals surface area contributed by atoms with Crippen molar-refractivity contribution in [2.24, 2.45) is 0 Å². The number of carboxylic acid groups (broad SMARTS) is 1. The standard InChI is InChI=1S/C8H7NO4.Na.H/c10-8(11)5-6-1-3-7(4-2-6)9(12)13;;/h1-4H,5H2,(H,10,11);;/q;+1;-1. The van der Waals surface area contributed by atoms with Crippen LogP contribution in [0.3, 0.4) is 0 Å². The van der Waals surface area contributed by atoms with Crippen molar-refractivity contribution < 1.29 is 45.8 Å². The summed E-state index contributed by atoms with van der Waals surface area (Å²) in [6.07, 6.45) is -0.113. The van der Waals surface area contributed by atoms with E-state index in [1.807, 2.05) is 0 Å². The predicted molar refractivity (Wildman–Crippen MR) is 45.5 cm³/mol. The molecule has 0 heterocycles. The minimum Gasteiger partial charge on any atom is -1.00 e. The van der Waals surface area contributed by atoms with Crippen molar-refractivity contribution in [3.05, 3.63) is 39.9 Å². The molecule has 0 aliphatic carbocycles. The summed E-state index contributed by atoms with van der Waals surface area (Å²) in [6.45, 7) is 0. The maximum absolute atomic E-state index is 10.3. The van der Waals surface area contributed by atoms with E-state index in [9.17, 15) is 14.9 Å². The van der Waals surface area contributed by atoms with Crippen LogP contribution in [0.5, 0.6) is 0 Å². The number of benzene rings is 1. The molecule has 0 unspecified atom stereocenters. The third-order valence-electron chi connectivity index (χ3n) is 1.50. The molecule has 1 N–H and O–H groups in total. The summed E-state index contributed by atoms with van der Waals surface area (Å²) in [6, 6.07) is 5.45. The summed E-state index contributed by atoms with van der Waals surface area (Å²) in [7, 11) is 0. The van der Waals surface area contributed by atoms with Crippen LogP contribution in [0.2, 0.25) is 0 Å². The smallest absolute Gasteiger partial charge is 1.00 e. The van der Waals surface area contributed by atoms with Crippen LogP contribution >= 0.6 is 0 Å². The molecular weight excluding hydrogens is 197 g/mol. The van der Waals surface area contributed by atoms with Crippen molar-refractivity contribution >= 4 is 11.7 Å². The predicted octanol–water partition coefficient (Wildman–Crippen LogP) is -1.66. The van der Waals surface area contributed by atoms with Gasteiger partial charge in [-0.05, 0) is 5.56 Å². The number of hydrogen-bond acceptors (Lipinski definition) is 3. The molecule has 1 aromatic rings. The molecule has 0 aliphatic heterocycles. The van der Waals surface area contributed by atoms with E-state index in [1.165, 1.54) is 24.3 Å². The first-order chi connectivity index (χ1) is 6.09. The van der Waals surface area contributed by atoms with Crippen LogP contribution < -0.4 is 29.6 Å². The van der Waals surface area contributed by atoms with Gasteiger partial charge in [0.2, 0.25) is 0 Å². The molecule has 0 amide bonds. The number of carbonyl (C=O) groups is 1. The van der Waals surface area contributed by atoms with Gasteiger partial charge in [0.25, 0.3) is 5.69 Å². The van der Waals surface area contributed by atoms with Crippen LogP contribution in [0.1, 0.15) is 6.99 Å². The van der Waals surface area contributed by atoms with Crippen LogP contribution in [-0.2, 0) is 11.2 Å². The van der Waals surface area contributed by atoms with E-state index in [-0.39, 0.29) is 43.1 Å². The molecule has 0 radical (unpaired) electrons. The quantitative estimate of drug-likeness (QED) is 0.364. The Morgan fingerprint density at radius 1 is 1.43 bits per heavy atom. The Kier molecular flexibility index (Phi) is 5.37. The molecule has 14 heavy (non-hydrogen) atoms. The van der Waals surface area contributed by atoms with Gasteiger partial charge in [-0.2, -0.15) is 0 Å². The van der Waals surface area contributed by atoms with Gasteiger partial charge in [-0.15, -0.1) is 0 Å². The fourth-order valence-electron chi connectivity index (χ4n) is 0.910. The van der Waals surface area contributed by atoms with Gasteiger partial charge >= 0.3 is 35.5 Å². The molecule has 1 rings (SSSR count). The van der Waals surface area contributed by atoms with Crippen molar-refractivity contribution in [3.8, 4) is 0 Å². The van der Waals surface area contributed by atoms with E-state index >= 15 is 0 Å². The number of nitro benzene ring substituents is 1. The van der Waals surface area contributed by atoms with Crippen molar-refractivity contribution in [2.75, 3.05) is 0 Å². The Morgan fingerprint density at radius 3 is 2.29 bits per heavy atom. The second-order valence-corrected chi connectivity index (χ2v) is 2.49. The molecule has 0 saturated heterocycles. The summed E-state index contributed by atoms with van der Waals surface area (Å²) < 4.78 is 0. The van der Waals surface area contributed by atoms with Gasteiger partial charge in [-0.25, -0.2) is 0 Å². The summed E-state index contributed by atoms with van der Waals surface area (Å²) >= 11 is 0. The van der Waals surface area contributed by atoms with Crippen molar-refractivity contribution in [1.82, 2.24) is 0 Å². The van der Waals surface area contributed by atoms with Gasteiger partial charge < -0.3 is 6.53 Å². The zero-order valence-corrected chi connectivity index (χ0v) is 9.64. The summed E-state index contributed by atoms with van der Waals surface area (Å²) in [4.78, 5) is 20.0. The van der Waals surface area contributed by atoms with E-state index in [0.717, 1.165) is 0 Å². The molecule has 0 saturated carbocycles. The first kappa shape index (κ1) is 13.1.